The van der Waals surface area contributed by atoms with Crippen molar-refractivity contribution in [2.75, 3.05) is 0 Å². The summed E-state index contributed by atoms with van der Waals surface area (Å²) < 4.78 is 13.8. The summed E-state index contributed by atoms with van der Waals surface area (Å²) in [4.78, 5) is 8.49. The fourth-order valence-corrected chi connectivity index (χ4v) is 2.37. The minimum atomic E-state index is -0.469. The van der Waals surface area contributed by atoms with Crippen LogP contribution in [0.2, 0.25) is 0 Å². The lowest BCUT2D eigenvalue weighted by molar-refractivity contribution is 0.551. The second kappa shape index (κ2) is 6.23. The van der Waals surface area contributed by atoms with E-state index in [1.54, 1.807) is 6.21 Å². The topological polar surface area (TPSA) is 25.2 Å². The van der Waals surface area contributed by atoms with Crippen molar-refractivity contribution in [3.63, 3.8) is 0 Å². The molecule has 0 fully saturated rings. The van der Waals surface area contributed by atoms with E-state index < -0.39 is 5.95 Å². The van der Waals surface area contributed by atoms with E-state index in [0.29, 0.717) is 5.69 Å². The van der Waals surface area contributed by atoms with Gasteiger partial charge in [-0.05, 0) is 40.2 Å². The maximum Gasteiger partial charge on any atom is 0.213 e. The van der Waals surface area contributed by atoms with Crippen molar-refractivity contribution < 1.29 is 4.39 Å². The summed E-state index contributed by atoms with van der Waals surface area (Å²) in [5.41, 5.74) is 3.37. The van der Waals surface area contributed by atoms with Crippen molar-refractivity contribution in [2.45, 2.75) is 52.4 Å². The van der Waals surface area contributed by atoms with Gasteiger partial charge in [0.15, 0.2) is 0 Å². The molecule has 0 N–H and O–H groups in total. The Bertz CT molecular complexity index is 719. The molecule has 0 aliphatic carbocycles. The molecular weight excluding hydrogens is 287 g/mol. The normalized spacial score (nSPS) is 12.8. The van der Waals surface area contributed by atoms with Gasteiger partial charge >= 0.3 is 0 Å². The molecule has 2 rings (SSSR count). The zero-order valence-corrected chi connectivity index (χ0v) is 14.8. The molecule has 2 nitrogen and oxygen atoms in total. The first-order chi connectivity index (χ1) is 10.6. The molecule has 1 heterocycles. The minimum absolute atomic E-state index is 0.000129. The summed E-state index contributed by atoms with van der Waals surface area (Å²) in [7, 11) is 0. The first-order valence-corrected chi connectivity index (χ1v) is 7.89. The monoisotopic (exact) mass is 312 g/mol. The standard InChI is InChI=1S/C20H25FN2/c1-19(2,3)14-11-15(23-18(21)12-14)13-22-17-10-8-7-9-16(17)20(4,5)6/h7-13H,1-6H3. The Balaban J connectivity index is 2.41. The van der Waals surface area contributed by atoms with E-state index in [9.17, 15) is 4.39 Å². The second-order valence-corrected chi connectivity index (χ2v) is 7.88. The summed E-state index contributed by atoms with van der Waals surface area (Å²) in [6.45, 7) is 12.6. The van der Waals surface area contributed by atoms with Crippen LogP contribution in [0.3, 0.4) is 0 Å². The molecule has 0 unspecified atom stereocenters. The molecule has 0 radical (unpaired) electrons. The van der Waals surface area contributed by atoms with Crippen LogP contribution in [0, 0.1) is 5.95 Å². The van der Waals surface area contributed by atoms with Crippen LogP contribution in [0.5, 0.6) is 0 Å². The molecule has 1 aromatic heterocycles. The van der Waals surface area contributed by atoms with E-state index in [-0.39, 0.29) is 10.8 Å². The number of halogens is 1. The second-order valence-electron chi connectivity index (χ2n) is 7.88. The number of aromatic nitrogens is 1. The van der Waals surface area contributed by atoms with Gasteiger partial charge in [0.05, 0.1) is 17.6 Å². The van der Waals surface area contributed by atoms with Crippen LogP contribution in [0.4, 0.5) is 10.1 Å². The van der Waals surface area contributed by atoms with Crippen molar-refractivity contribution in [3.8, 4) is 0 Å². The molecule has 0 bridgehead atoms. The number of hydrogen-bond acceptors (Lipinski definition) is 2. The van der Waals surface area contributed by atoms with Crippen LogP contribution >= 0.6 is 0 Å². The first kappa shape index (κ1) is 17.3. The molecule has 0 atom stereocenters. The quantitative estimate of drug-likeness (QED) is 0.526. The number of nitrogens with zero attached hydrogens (tertiary/aromatic N) is 2. The van der Waals surface area contributed by atoms with Gasteiger partial charge in [0.2, 0.25) is 5.95 Å². The Labute approximate surface area is 138 Å². The number of para-hydroxylation sites is 1. The van der Waals surface area contributed by atoms with Crippen LogP contribution in [-0.4, -0.2) is 11.2 Å². The Morgan fingerprint density at radius 3 is 2.22 bits per heavy atom. The largest absolute Gasteiger partial charge is 0.254 e. The molecule has 1 aromatic carbocycles. The van der Waals surface area contributed by atoms with E-state index >= 15 is 0 Å². The maximum atomic E-state index is 13.8. The van der Waals surface area contributed by atoms with Gasteiger partial charge < -0.3 is 0 Å². The number of rotatable bonds is 2. The van der Waals surface area contributed by atoms with E-state index in [1.165, 1.54) is 6.07 Å². The summed E-state index contributed by atoms with van der Waals surface area (Å²) in [5.74, 6) is -0.469. The van der Waals surface area contributed by atoms with Crippen LogP contribution in [-0.2, 0) is 10.8 Å². The van der Waals surface area contributed by atoms with Crippen LogP contribution in [0.15, 0.2) is 41.4 Å². The lowest BCUT2D eigenvalue weighted by Crippen LogP contribution is -2.13. The summed E-state index contributed by atoms with van der Waals surface area (Å²) in [6, 6.07) is 11.4. The van der Waals surface area contributed by atoms with Crippen molar-refractivity contribution in [3.05, 3.63) is 59.2 Å². The van der Waals surface area contributed by atoms with E-state index in [1.807, 2.05) is 24.3 Å². The molecule has 0 aliphatic rings. The lowest BCUT2D eigenvalue weighted by Gasteiger charge is -2.21. The number of pyridine rings is 1. The molecule has 0 aliphatic heterocycles. The smallest absolute Gasteiger partial charge is 0.213 e. The predicted octanol–water partition coefficient (Wildman–Crippen LogP) is 5.57. The number of hydrogen-bond donors (Lipinski definition) is 0. The minimum Gasteiger partial charge on any atom is -0.254 e. The number of benzene rings is 1. The highest BCUT2D eigenvalue weighted by molar-refractivity contribution is 5.80. The molecular formula is C20H25FN2. The molecule has 122 valence electrons. The van der Waals surface area contributed by atoms with Crippen molar-refractivity contribution in [1.82, 2.24) is 4.98 Å². The van der Waals surface area contributed by atoms with Gasteiger partial charge in [-0.1, -0.05) is 59.7 Å². The zero-order chi connectivity index (χ0) is 17.3. The first-order valence-electron chi connectivity index (χ1n) is 7.89. The molecule has 0 spiro atoms. The van der Waals surface area contributed by atoms with Gasteiger partial charge in [-0.2, -0.15) is 4.39 Å². The van der Waals surface area contributed by atoms with E-state index in [2.05, 4.69) is 57.6 Å². The van der Waals surface area contributed by atoms with Gasteiger partial charge in [0.25, 0.3) is 0 Å². The molecule has 0 saturated heterocycles. The molecule has 23 heavy (non-hydrogen) atoms. The fourth-order valence-electron chi connectivity index (χ4n) is 2.37. The third-order valence-corrected chi connectivity index (χ3v) is 3.73. The third-order valence-electron chi connectivity index (χ3n) is 3.73. The SMILES string of the molecule is CC(C)(C)c1cc(F)nc(C=Nc2ccccc2C(C)(C)C)c1. The predicted molar refractivity (Wildman–Crippen MR) is 95.3 cm³/mol. The summed E-state index contributed by atoms with van der Waals surface area (Å²) in [5, 5.41) is 0. The van der Waals surface area contributed by atoms with Crippen molar-refractivity contribution >= 4 is 11.9 Å². The number of aliphatic imine (C=N–C) groups is 1. The van der Waals surface area contributed by atoms with Crippen molar-refractivity contribution in [2.24, 2.45) is 4.99 Å². The van der Waals surface area contributed by atoms with Gasteiger partial charge in [-0.3, -0.25) is 4.99 Å². The van der Waals surface area contributed by atoms with Gasteiger partial charge in [0, 0.05) is 0 Å². The highest BCUT2D eigenvalue weighted by Crippen LogP contribution is 2.31. The summed E-state index contributed by atoms with van der Waals surface area (Å²) >= 11 is 0. The fraction of sp³-hybridized carbons (Fsp3) is 0.400. The van der Waals surface area contributed by atoms with Crippen LogP contribution in [0.1, 0.15) is 58.4 Å². The zero-order valence-electron chi connectivity index (χ0n) is 14.8. The van der Waals surface area contributed by atoms with Gasteiger partial charge in [-0.25, -0.2) is 4.98 Å². The van der Waals surface area contributed by atoms with Crippen molar-refractivity contribution in [1.29, 1.82) is 0 Å². The van der Waals surface area contributed by atoms with E-state index in [0.717, 1.165) is 16.8 Å². The molecule has 0 amide bonds. The van der Waals surface area contributed by atoms with Crippen LogP contribution < -0.4 is 0 Å². The average molecular weight is 312 g/mol. The average Bonchev–Trinajstić information content (AvgIpc) is 2.43. The summed E-state index contributed by atoms with van der Waals surface area (Å²) in [6.07, 6.45) is 1.64. The van der Waals surface area contributed by atoms with Crippen LogP contribution in [0.25, 0.3) is 0 Å². The molecule has 0 saturated carbocycles. The highest BCUT2D eigenvalue weighted by Gasteiger charge is 2.18. The van der Waals surface area contributed by atoms with Gasteiger partial charge in [-0.15, -0.1) is 0 Å². The molecule has 3 heteroatoms. The Morgan fingerprint density at radius 1 is 0.957 bits per heavy atom. The van der Waals surface area contributed by atoms with Gasteiger partial charge in [0.1, 0.15) is 0 Å². The third kappa shape index (κ3) is 4.47. The lowest BCUT2D eigenvalue weighted by atomic mass is 9.86. The Kier molecular flexibility index (Phi) is 4.69. The Morgan fingerprint density at radius 2 is 1.61 bits per heavy atom. The Hall–Kier alpha value is -2.03. The highest BCUT2D eigenvalue weighted by atomic mass is 19.1. The van der Waals surface area contributed by atoms with E-state index in [4.69, 9.17) is 0 Å². The maximum absolute atomic E-state index is 13.8. The molecule has 2 aromatic rings.